The largest absolute Gasteiger partial charge is 0.481 e. The Balaban J connectivity index is 3.62. The van der Waals surface area contributed by atoms with E-state index in [4.69, 9.17) is 5.11 Å². The highest BCUT2D eigenvalue weighted by molar-refractivity contribution is 5.66. The van der Waals surface area contributed by atoms with Crippen molar-refractivity contribution in [2.45, 2.75) is 70.8 Å². The fraction of sp³-hybridized carbons (Fsp3) is 0.550. The van der Waals surface area contributed by atoms with Crippen molar-refractivity contribution in [3.63, 3.8) is 0 Å². The van der Waals surface area contributed by atoms with Gasteiger partial charge in [-0.15, -0.1) is 0 Å². The number of carboxylic acids is 1. The highest BCUT2D eigenvalue weighted by Gasteiger charge is 1.94. The summed E-state index contributed by atoms with van der Waals surface area (Å²) in [5, 5.41) is 18.2. The van der Waals surface area contributed by atoms with Gasteiger partial charge in [0.25, 0.3) is 0 Å². The number of carbonyl (C=O) groups is 1. The van der Waals surface area contributed by atoms with E-state index in [1.807, 2.05) is 24.3 Å². The summed E-state index contributed by atoms with van der Waals surface area (Å²) in [7, 11) is 0. The second-order valence-corrected chi connectivity index (χ2v) is 5.58. The smallest absolute Gasteiger partial charge is 0.303 e. The molecule has 0 rings (SSSR count). The second-order valence-electron chi connectivity index (χ2n) is 5.58. The summed E-state index contributed by atoms with van der Waals surface area (Å²) in [5.41, 5.74) is 0. The molecule has 0 saturated heterocycles. The molecule has 23 heavy (non-hydrogen) atoms. The number of aliphatic hydroxyl groups excluding tert-OH is 1. The summed E-state index contributed by atoms with van der Waals surface area (Å²) >= 11 is 0. The van der Waals surface area contributed by atoms with Crippen LogP contribution in [0.2, 0.25) is 0 Å². The van der Waals surface area contributed by atoms with Gasteiger partial charge >= 0.3 is 5.97 Å². The van der Waals surface area contributed by atoms with Crippen molar-refractivity contribution in [3.05, 3.63) is 48.6 Å². The van der Waals surface area contributed by atoms with Crippen LogP contribution in [0, 0.1) is 0 Å². The van der Waals surface area contributed by atoms with E-state index in [-0.39, 0.29) is 6.42 Å². The Hall–Kier alpha value is -1.61. The van der Waals surface area contributed by atoms with Crippen LogP contribution in [0.1, 0.15) is 64.7 Å². The summed E-state index contributed by atoms with van der Waals surface area (Å²) in [6, 6.07) is 0. The fourth-order valence-corrected chi connectivity index (χ4v) is 1.95. The van der Waals surface area contributed by atoms with Crippen LogP contribution >= 0.6 is 0 Å². The number of rotatable bonds is 14. The third-order valence-electron chi connectivity index (χ3n) is 3.30. The quantitative estimate of drug-likeness (QED) is 0.263. The first kappa shape index (κ1) is 21.4. The molecule has 1 atom stereocenters. The van der Waals surface area contributed by atoms with Crippen molar-refractivity contribution < 1.29 is 15.0 Å². The SMILES string of the molecule is CCCCCC=CCC=CC[C@@H](O)C=CC=CCCCC(=O)O. The third kappa shape index (κ3) is 18.3. The zero-order valence-corrected chi connectivity index (χ0v) is 14.4. The molecule has 130 valence electrons. The van der Waals surface area contributed by atoms with Crippen LogP contribution in [-0.2, 0) is 4.79 Å². The van der Waals surface area contributed by atoms with Gasteiger partial charge < -0.3 is 10.2 Å². The Morgan fingerprint density at radius 3 is 2.43 bits per heavy atom. The van der Waals surface area contributed by atoms with E-state index in [9.17, 15) is 9.90 Å². The second kappa shape index (κ2) is 16.8. The molecule has 0 spiro atoms. The van der Waals surface area contributed by atoms with Gasteiger partial charge in [-0.3, -0.25) is 4.79 Å². The molecule has 0 heterocycles. The lowest BCUT2D eigenvalue weighted by atomic mass is 10.2. The number of aliphatic hydroxyl groups is 1. The number of hydrogen-bond donors (Lipinski definition) is 2. The molecule has 3 nitrogen and oxygen atoms in total. The van der Waals surface area contributed by atoms with Crippen LogP contribution in [-0.4, -0.2) is 22.3 Å². The van der Waals surface area contributed by atoms with E-state index in [0.717, 1.165) is 19.3 Å². The summed E-state index contributed by atoms with van der Waals surface area (Å²) in [4.78, 5) is 10.3. The molecular formula is C20H32O3. The minimum absolute atomic E-state index is 0.203. The molecule has 0 radical (unpaired) electrons. The zero-order valence-electron chi connectivity index (χ0n) is 14.4. The van der Waals surface area contributed by atoms with Crippen LogP contribution in [0.3, 0.4) is 0 Å². The lowest BCUT2D eigenvalue weighted by molar-refractivity contribution is -0.137. The van der Waals surface area contributed by atoms with E-state index in [0.29, 0.717) is 12.8 Å². The molecule has 0 amide bonds. The van der Waals surface area contributed by atoms with Gasteiger partial charge in [0.15, 0.2) is 0 Å². The number of carboxylic acid groups (broad SMARTS) is 1. The molecule has 0 fully saturated rings. The van der Waals surface area contributed by atoms with E-state index in [1.165, 1.54) is 19.3 Å². The van der Waals surface area contributed by atoms with Crippen molar-refractivity contribution in [2.75, 3.05) is 0 Å². The number of aliphatic carboxylic acids is 1. The molecule has 3 heteroatoms. The number of allylic oxidation sites excluding steroid dienone is 6. The average Bonchev–Trinajstić information content (AvgIpc) is 2.52. The Morgan fingerprint density at radius 1 is 0.957 bits per heavy atom. The van der Waals surface area contributed by atoms with Crippen LogP contribution in [0.5, 0.6) is 0 Å². The van der Waals surface area contributed by atoms with Gasteiger partial charge in [0, 0.05) is 6.42 Å². The van der Waals surface area contributed by atoms with Crippen LogP contribution in [0.25, 0.3) is 0 Å². The Kier molecular flexibility index (Phi) is 15.6. The minimum atomic E-state index is -0.757. The molecule has 0 saturated carbocycles. The first-order valence-electron chi connectivity index (χ1n) is 8.70. The van der Waals surface area contributed by atoms with Crippen molar-refractivity contribution in [1.82, 2.24) is 0 Å². The van der Waals surface area contributed by atoms with Crippen molar-refractivity contribution in [1.29, 1.82) is 0 Å². The molecule has 0 aliphatic rings. The van der Waals surface area contributed by atoms with Crippen LogP contribution < -0.4 is 0 Å². The van der Waals surface area contributed by atoms with Gasteiger partial charge in [0.05, 0.1) is 6.10 Å². The topological polar surface area (TPSA) is 57.5 Å². The molecule has 2 N–H and O–H groups in total. The predicted octanol–water partition coefficient (Wildman–Crippen LogP) is 5.19. The zero-order chi connectivity index (χ0) is 17.2. The minimum Gasteiger partial charge on any atom is -0.481 e. The van der Waals surface area contributed by atoms with Gasteiger partial charge in [-0.25, -0.2) is 0 Å². The summed E-state index contributed by atoms with van der Waals surface area (Å²) < 4.78 is 0. The monoisotopic (exact) mass is 320 g/mol. The van der Waals surface area contributed by atoms with E-state index in [1.54, 1.807) is 6.08 Å². The van der Waals surface area contributed by atoms with Gasteiger partial charge in [0.1, 0.15) is 0 Å². The van der Waals surface area contributed by atoms with Crippen molar-refractivity contribution >= 4 is 5.97 Å². The summed E-state index contributed by atoms with van der Waals surface area (Å²) in [5.74, 6) is -0.757. The van der Waals surface area contributed by atoms with Crippen molar-refractivity contribution in [3.8, 4) is 0 Å². The number of unbranched alkanes of at least 4 members (excludes halogenated alkanes) is 4. The van der Waals surface area contributed by atoms with Crippen LogP contribution in [0.15, 0.2) is 48.6 Å². The first-order valence-corrected chi connectivity index (χ1v) is 8.70. The predicted molar refractivity (Wildman–Crippen MR) is 97.4 cm³/mol. The molecule has 0 aliphatic carbocycles. The Labute approximate surface area is 141 Å². The summed E-state index contributed by atoms with van der Waals surface area (Å²) in [6.07, 6.45) is 23.5. The van der Waals surface area contributed by atoms with E-state index >= 15 is 0 Å². The summed E-state index contributed by atoms with van der Waals surface area (Å²) in [6.45, 7) is 2.21. The fourth-order valence-electron chi connectivity index (χ4n) is 1.95. The lowest BCUT2D eigenvalue weighted by Gasteiger charge is -1.98. The highest BCUT2D eigenvalue weighted by Crippen LogP contribution is 2.02. The van der Waals surface area contributed by atoms with E-state index < -0.39 is 12.1 Å². The molecule has 0 aromatic rings. The highest BCUT2D eigenvalue weighted by atomic mass is 16.4. The molecule has 0 aromatic heterocycles. The molecule has 0 aliphatic heterocycles. The van der Waals surface area contributed by atoms with Crippen molar-refractivity contribution in [2.24, 2.45) is 0 Å². The maximum Gasteiger partial charge on any atom is 0.303 e. The van der Waals surface area contributed by atoms with Gasteiger partial charge in [-0.05, 0) is 38.5 Å². The van der Waals surface area contributed by atoms with Gasteiger partial charge in [0.2, 0.25) is 0 Å². The maximum absolute atomic E-state index is 10.3. The van der Waals surface area contributed by atoms with Gasteiger partial charge in [-0.2, -0.15) is 0 Å². The Morgan fingerprint density at radius 2 is 1.70 bits per heavy atom. The van der Waals surface area contributed by atoms with Gasteiger partial charge in [-0.1, -0.05) is 68.4 Å². The van der Waals surface area contributed by atoms with Crippen LogP contribution in [0.4, 0.5) is 0 Å². The standard InChI is InChI=1S/C20H32O3/c1-2-3-4-5-6-7-8-10-13-16-19(21)17-14-11-9-12-15-18-20(22)23/h6-7,9-11,13-14,17,19,21H,2-5,8,12,15-16,18H2,1H3,(H,22,23)/t19-/m1/s1. The molecular weight excluding hydrogens is 288 g/mol. The maximum atomic E-state index is 10.3. The molecule has 0 aromatic carbocycles. The first-order chi connectivity index (χ1) is 11.2. The average molecular weight is 320 g/mol. The molecule has 0 bridgehead atoms. The normalized spacial score (nSPS) is 13.8. The Bertz CT molecular complexity index is 392. The van der Waals surface area contributed by atoms with E-state index in [2.05, 4.69) is 25.2 Å². The third-order valence-corrected chi connectivity index (χ3v) is 3.30. The lowest BCUT2D eigenvalue weighted by Crippen LogP contribution is -1.98. The molecule has 0 unspecified atom stereocenters. The number of hydrogen-bond acceptors (Lipinski definition) is 2.